The largest absolute Gasteiger partial charge is 0.390 e. The first-order valence-corrected chi connectivity index (χ1v) is 13.2. The molecule has 4 aromatic rings. The lowest BCUT2D eigenvalue weighted by Gasteiger charge is -2.25. The molecule has 0 saturated heterocycles. The smallest absolute Gasteiger partial charge is 0.147 e. The quantitative estimate of drug-likeness (QED) is 0.168. The van der Waals surface area contributed by atoms with E-state index in [1.54, 1.807) is 0 Å². The zero-order valence-electron chi connectivity index (χ0n) is 22.8. The summed E-state index contributed by atoms with van der Waals surface area (Å²) in [6, 6.07) is 35.6. The van der Waals surface area contributed by atoms with E-state index in [0.29, 0.717) is 13.4 Å². The van der Waals surface area contributed by atoms with Gasteiger partial charge in [0.25, 0.3) is 0 Å². The number of rotatable bonds is 11. The second-order valence-corrected chi connectivity index (χ2v) is 10.8. The lowest BCUT2D eigenvalue weighted by molar-refractivity contribution is -0.135. The third kappa shape index (κ3) is 11.3. The zero-order chi connectivity index (χ0) is 26.6. The van der Waals surface area contributed by atoms with Crippen LogP contribution in [0.3, 0.4) is 0 Å². The van der Waals surface area contributed by atoms with Crippen LogP contribution in [0, 0.1) is 0 Å². The van der Waals surface area contributed by atoms with Gasteiger partial charge in [-0.15, -0.1) is 0 Å². The molecule has 0 heterocycles. The molecule has 37 heavy (non-hydrogen) atoms. The SMILES string of the molecule is CC(C)(CCc1ccccc1)OCOCc1ccc2ccccc2c1.CC(C)(O)CCc1ccccc1. The normalized spacial score (nSPS) is 11.7. The number of hydrogen-bond acceptors (Lipinski definition) is 3. The van der Waals surface area contributed by atoms with E-state index >= 15 is 0 Å². The first-order valence-electron chi connectivity index (χ1n) is 13.2. The maximum absolute atomic E-state index is 9.48. The van der Waals surface area contributed by atoms with Crippen LogP contribution in [0.2, 0.25) is 0 Å². The highest BCUT2D eigenvalue weighted by molar-refractivity contribution is 5.82. The average molecular weight is 499 g/mol. The molecule has 1 N–H and O–H groups in total. The number of aliphatic hydroxyl groups is 1. The van der Waals surface area contributed by atoms with Crippen LogP contribution in [0.25, 0.3) is 10.8 Å². The van der Waals surface area contributed by atoms with Crippen molar-refractivity contribution in [3.63, 3.8) is 0 Å². The molecule has 0 aliphatic heterocycles. The molecule has 3 nitrogen and oxygen atoms in total. The summed E-state index contributed by atoms with van der Waals surface area (Å²) in [7, 11) is 0. The van der Waals surface area contributed by atoms with Crippen molar-refractivity contribution in [3.05, 3.63) is 120 Å². The Kier molecular flexibility index (Phi) is 10.9. The van der Waals surface area contributed by atoms with Crippen molar-refractivity contribution in [3.8, 4) is 0 Å². The zero-order valence-corrected chi connectivity index (χ0v) is 22.8. The molecule has 0 spiro atoms. The highest BCUT2D eigenvalue weighted by atomic mass is 16.7. The Bertz CT molecular complexity index is 1180. The predicted molar refractivity (Wildman–Crippen MR) is 155 cm³/mol. The highest BCUT2D eigenvalue weighted by Crippen LogP contribution is 2.19. The molecule has 3 heteroatoms. The van der Waals surface area contributed by atoms with Crippen molar-refractivity contribution in [1.82, 2.24) is 0 Å². The van der Waals surface area contributed by atoms with E-state index < -0.39 is 5.60 Å². The van der Waals surface area contributed by atoms with Gasteiger partial charge in [0.1, 0.15) is 6.79 Å². The van der Waals surface area contributed by atoms with Gasteiger partial charge in [0.15, 0.2) is 0 Å². The van der Waals surface area contributed by atoms with Crippen molar-refractivity contribution in [2.45, 2.75) is 71.2 Å². The van der Waals surface area contributed by atoms with Crippen LogP contribution in [0.5, 0.6) is 0 Å². The van der Waals surface area contributed by atoms with Crippen LogP contribution in [0.4, 0.5) is 0 Å². The Hall–Kier alpha value is -2.98. The van der Waals surface area contributed by atoms with Crippen molar-refractivity contribution in [2.24, 2.45) is 0 Å². The Morgan fingerprint density at radius 2 is 1.14 bits per heavy atom. The van der Waals surface area contributed by atoms with E-state index in [1.807, 2.05) is 38.1 Å². The fourth-order valence-corrected chi connectivity index (χ4v) is 3.95. The molecule has 0 atom stereocenters. The van der Waals surface area contributed by atoms with Crippen LogP contribution in [-0.4, -0.2) is 23.1 Å². The molecule has 0 fully saturated rings. The fourth-order valence-electron chi connectivity index (χ4n) is 3.95. The van der Waals surface area contributed by atoms with Gasteiger partial charge in [-0.2, -0.15) is 0 Å². The average Bonchev–Trinajstić information content (AvgIpc) is 2.90. The molecule has 0 unspecified atom stereocenters. The molecule has 0 saturated carbocycles. The molecular weight excluding hydrogens is 456 g/mol. The monoisotopic (exact) mass is 498 g/mol. The molecule has 0 aliphatic carbocycles. The van der Waals surface area contributed by atoms with E-state index in [1.165, 1.54) is 27.5 Å². The third-order valence-corrected chi connectivity index (χ3v) is 6.34. The van der Waals surface area contributed by atoms with Crippen LogP contribution in [-0.2, 0) is 28.9 Å². The van der Waals surface area contributed by atoms with Crippen molar-refractivity contribution >= 4 is 10.8 Å². The van der Waals surface area contributed by atoms with Crippen molar-refractivity contribution < 1.29 is 14.6 Å². The number of hydrogen-bond donors (Lipinski definition) is 1. The number of fused-ring (bicyclic) bond motifs is 1. The molecular formula is C34H42O3. The molecule has 0 aromatic heterocycles. The maximum atomic E-state index is 9.48. The Labute approximate surface area is 223 Å². The van der Waals surface area contributed by atoms with E-state index in [-0.39, 0.29) is 5.60 Å². The minimum atomic E-state index is -0.546. The second-order valence-electron chi connectivity index (χ2n) is 10.8. The molecule has 196 valence electrons. The summed E-state index contributed by atoms with van der Waals surface area (Å²) in [6.07, 6.45) is 3.75. The van der Waals surface area contributed by atoms with E-state index in [9.17, 15) is 5.11 Å². The van der Waals surface area contributed by atoms with Gasteiger partial charge in [0.05, 0.1) is 17.8 Å². The van der Waals surface area contributed by atoms with Gasteiger partial charge in [-0.25, -0.2) is 0 Å². The first kappa shape index (κ1) is 28.6. The van der Waals surface area contributed by atoms with Crippen LogP contribution in [0.15, 0.2) is 103 Å². The first-order chi connectivity index (χ1) is 17.7. The minimum Gasteiger partial charge on any atom is -0.390 e. The van der Waals surface area contributed by atoms with Gasteiger partial charge in [-0.3, -0.25) is 0 Å². The molecule has 0 bridgehead atoms. The summed E-state index contributed by atoms with van der Waals surface area (Å²) in [5.74, 6) is 0. The van der Waals surface area contributed by atoms with Gasteiger partial charge in [-0.1, -0.05) is 97.1 Å². The molecule has 4 rings (SSSR count). The lowest BCUT2D eigenvalue weighted by Crippen LogP contribution is -2.26. The van der Waals surface area contributed by atoms with Crippen LogP contribution < -0.4 is 0 Å². The van der Waals surface area contributed by atoms with Crippen LogP contribution in [0.1, 0.15) is 57.2 Å². The maximum Gasteiger partial charge on any atom is 0.147 e. The van der Waals surface area contributed by atoms with Crippen molar-refractivity contribution in [1.29, 1.82) is 0 Å². The minimum absolute atomic E-state index is 0.195. The fraction of sp³-hybridized carbons (Fsp3) is 0.353. The molecule has 0 amide bonds. The van der Waals surface area contributed by atoms with E-state index in [4.69, 9.17) is 9.47 Å². The van der Waals surface area contributed by atoms with Crippen molar-refractivity contribution in [2.75, 3.05) is 6.79 Å². The number of benzene rings is 4. The number of aryl methyl sites for hydroxylation is 2. The lowest BCUT2D eigenvalue weighted by atomic mass is 9.99. The summed E-state index contributed by atoms with van der Waals surface area (Å²) in [5, 5.41) is 12.0. The van der Waals surface area contributed by atoms with Gasteiger partial charge < -0.3 is 14.6 Å². The highest BCUT2D eigenvalue weighted by Gasteiger charge is 2.18. The van der Waals surface area contributed by atoms with E-state index in [2.05, 4.69) is 92.7 Å². The summed E-state index contributed by atoms with van der Waals surface area (Å²) >= 11 is 0. The van der Waals surface area contributed by atoms with Gasteiger partial charge in [0, 0.05) is 0 Å². The second kappa shape index (κ2) is 14.1. The van der Waals surface area contributed by atoms with E-state index in [0.717, 1.165) is 25.7 Å². The summed E-state index contributed by atoms with van der Waals surface area (Å²) in [6.45, 7) is 8.81. The summed E-state index contributed by atoms with van der Waals surface area (Å²) in [4.78, 5) is 0. The summed E-state index contributed by atoms with van der Waals surface area (Å²) < 4.78 is 11.7. The predicted octanol–water partition coefficient (Wildman–Crippen LogP) is 8.13. The third-order valence-electron chi connectivity index (χ3n) is 6.34. The van der Waals surface area contributed by atoms with Gasteiger partial charge in [0.2, 0.25) is 0 Å². The standard InChI is InChI=1S/C23H26O2.C11H16O/c1-23(2,15-14-19-8-4-3-5-9-19)25-18-24-17-20-12-13-21-10-6-7-11-22(21)16-20;1-11(2,12)9-8-10-6-4-3-5-7-10/h3-13,16H,14-15,17-18H2,1-2H3;3-7,12H,8-9H2,1-2H3. The Morgan fingerprint density at radius 1 is 0.595 bits per heavy atom. The van der Waals surface area contributed by atoms with Gasteiger partial charge in [-0.05, 0) is 86.9 Å². The number of ether oxygens (including phenoxy) is 2. The Morgan fingerprint density at radius 3 is 1.73 bits per heavy atom. The molecule has 0 radical (unpaired) electrons. The molecule has 4 aromatic carbocycles. The summed E-state index contributed by atoms with van der Waals surface area (Å²) in [5.41, 5.74) is 3.06. The molecule has 0 aliphatic rings. The van der Waals surface area contributed by atoms with Crippen LogP contribution >= 0.6 is 0 Å². The van der Waals surface area contributed by atoms with Gasteiger partial charge >= 0.3 is 0 Å². The Balaban J connectivity index is 0.000000266. The topological polar surface area (TPSA) is 38.7 Å².